The number of carbonyl (C=O) groups excluding carboxylic acids is 3. The van der Waals surface area contributed by atoms with Gasteiger partial charge in [-0.3, -0.25) is 9.59 Å². The number of ether oxygens (including phenoxy) is 1. The first kappa shape index (κ1) is 14.9. The summed E-state index contributed by atoms with van der Waals surface area (Å²) in [5.41, 5.74) is 0.206. The van der Waals surface area contributed by atoms with E-state index in [1.54, 1.807) is 19.1 Å². The van der Waals surface area contributed by atoms with E-state index in [2.05, 4.69) is 20.7 Å². The number of carbonyl (C=O) groups is 3. The molecule has 0 amide bonds. The largest absolute Gasteiger partial charge is 0.460 e. The van der Waals surface area contributed by atoms with Crippen molar-refractivity contribution in [1.82, 2.24) is 0 Å². The molecule has 0 aliphatic heterocycles. The van der Waals surface area contributed by atoms with E-state index >= 15 is 0 Å². The second-order valence-corrected chi connectivity index (χ2v) is 4.69. The number of rotatable bonds is 5. The van der Waals surface area contributed by atoms with Crippen LogP contribution >= 0.6 is 27.5 Å². The lowest BCUT2D eigenvalue weighted by atomic mass is 10.1. The smallest absolute Gasteiger partial charge is 0.375 e. The van der Waals surface area contributed by atoms with Gasteiger partial charge in [0.25, 0.3) is 0 Å². The highest BCUT2D eigenvalue weighted by atomic mass is 79.9. The topological polar surface area (TPSA) is 60.4 Å². The van der Waals surface area contributed by atoms with E-state index in [1.807, 2.05) is 0 Å². The minimum absolute atomic E-state index is 0.0950. The molecule has 18 heavy (non-hydrogen) atoms. The Morgan fingerprint density at radius 1 is 1.33 bits per heavy atom. The van der Waals surface area contributed by atoms with Crippen molar-refractivity contribution in [1.29, 1.82) is 0 Å². The molecule has 0 fully saturated rings. The van der Waals surface area contributed by atoms with Gasteiger partial charge in [0.15, 0.2) is 5.78 Å². The SMILES string of the molecule is CCOC(=O)C(=O)CC(=O)c1ccc(Br)cc1Cl. The number of hydrogen-bond acceptors (Lipinski definition) is 4. The van der Waals surface area contributed by atoms with Crippen LogP contribution in [-0.2, 0) is 14.3 Å². The molecule has 96 valence electrons. The molecule has 0 bridgehead atoms. The molecule has 0 heterocycles. The van der Waals surface area contributed by atoms with Crippen molar-refractivity contribution in [2.45, 2.75) is 13.3 Å². The van der Waals surface area contributed by atoms with Gasteiger partial charge in [-0.05, 0) is 25.1 Å². The monoisotopic (exact) mass is 332 g/mol. The number of halogens is 2. The van der Waals surface area contributed by atoms with Crippen LogP contribution in [0.2, 0.25) is 5.02 Å². The van der Waals surface area contributed by atoms with E-state index in [4.69, 9.17) is 11.6 Å². The fourth-order valence-corrected chi connectivity index (χ4v) is 2.02. The number of esters is 1. The highest BCUT2D eigenvalue weighted by molar-refractivity contribution is 9.10. The third kappa shape index (κ3) is 3.92. The van der Waals surface area contributed by atoms with Gasteiger partial charge in [-0.25, -0.2) is 4.79 Å². The molecular formula is C12H10BrClO4. The van der Waals surface area contributed by atoms with Crippen LogP contribution in [0.4, 0.5) is 0 Å². The molecule has 0 N–H and O–H groups in total. The lowest BCUT2D eigenvalue weighted by Gasteiger charge is -2.03. The zero-order valence-corrected chi connectivity index (χ0v) is 11.9. The van der Waals surface area contributed by atoms with Crippen LogP contribution in [0.5, 0.6) is 0 Å². The van der Waals surface area contributed by atoms with Crippen LogP contribution in [0.1, 0.15) is 23.7 Å². The maximum absolute atomic E-state index is 11.8. The summed E-state index contributed by atoms with van der Waals surface area (Å²) in [7, 11) is 0. The van der Waals surface area contributed by atoms with Crippen LogP contribution in [0, 0.1) is 0 Å². The van der Waals surface area contributed by atoms with Gasteiger partial charge in [-0.15, -0.1) is 0 Å². The molecule has 0 atom stereocenters. The normalized spacial score (nSPS) is 9.94. The average molecular weight is 334 g/mol. The molecule has 4 nitrogen and oxygen atoms in total. The van der Waals surface area contributed by atoms with Crippen LogP contribution < -0.4 is 0 Å². The van der Waals surface area contributed by atoms with E-state index in [-0.39, 0.29) is 17.2 Å². The zero-order valence-electron chi connectivity index (χ0n) is 9.54. The van der Waals surface area contributed by atoms with Gasteiger partial charge in [-0.2, -0.15) is 0 Å². The van der Waals surface area contributed by atoms with Crippen molar-refractivity contribution < 1.29 is 19.1 Å². The zero-order chi connectivity index (χ0) is 13.7. The highest BCUT2D eigenvalue weighted by Gasteiger charge is 2.21. The van der Waals surface area contributed by atoms with E-state index in [0.29, 0.717) is 0 Å². The minimum Gasteiger partial charge on any atom is -0.460 e. The van der Waals surface area contributed by atoms with Gasteiger partial charge in [0.1, 0.15) is 0 Å². The van der Waals surface area contributed by atoms with Gasteiger partial charge >= 0.3 is 5.97 Å². The highest BCUT2D eigenvalue weighted by Crippen LogP contribution is 2.22. The molecule has 0 aliphatic rings. The van der Waals surface area contributed by atoms with Crippen molar-refractivity contribution in [2.75, 3.05) is 6.61 Å². The Labute approximate surface area is 117 Å². The third-order valence-electron chi connectivity index (χ3n) is 2.06. The molecule has 0 radical (unpaired) electrons. The van der Waals surface area contributed by atoms with Crippen LogP contribution in [0.3, 0.4) is 0 Å². The Kier molecular flexibility index (Phi) is 5.50. The molecule has 0 aromatic heterocycles. The predicted octanol–water partition coefficient (Wildman–Crippen LogP) is 2.81. The first-order valence-corrected chi connectivity index (χ1v) is 6.31. The number of benzene rings is 1. The van der Waals surface area contributed by atoms with Crippen molar-refractivity contribution in [2.24, 2.45) is 0 Å². The first-order valence-electron chi connectivity index (χ1n) is 5.14. The Morgan fingerprint density at radius 3 is 2.56 bits per heavy atom. The minimum atomic E-state index is -1.00. The number of Topliss-reactive ketones (excluding diaryl/α,β-unsaturated/α-hetero) is 2. The molecule has 1 rings (SSSR count). The second-order valence-electron chi connectivity index (χ2n) is 3.37. The maximum Gasteiger partial charge on any atom is 0.375 e. The lowest BCUT2D eigenvalue weighted by molar-refractivity contribution is -0.153. The Bertz CT molecular complexity index is 499. The quantitative estimate of drug-likeness (QED) is 0.360. The predicted molar refractivity (Wildman–Crippen MR) is 69.7 cm³/mol. The third-order valence-corrected chi connectivity index (χ3v) is 2.86. The van der Waals surface area contributed by atoms with Gasteiger partial charge in [0.05, 0.1) is 18.1 Å². The second kappa shape index (κ2) is 6.66. The average Bonchev–Trinajstić information content (AvgIpc) is 2.28. The van der Waals surface area contributed by atoms with Crippen LogP contribution in [-0.4, -0.2) is 24.1 Å². The Balaban J connectivity index is 2.77. The summed E-state index contributed by atoms with van der Waals surface area (Å²) in [6.07, 6.45) is -0.541. The summed E-state index contributed by atoms with van der Waals surface area (Å²) in [5, 5.41) is 0.228. The molecule has 6 heteroatoms. The van der Waals surface area contributed by atoms with E-state index in [1.165, 1.54) is 6.07 Å². The van der Waals surface area contributed by atoms with Crippen LogP contribution in [0.15, 0.2) is 22.7 Å². The van der Waals surface area contributed by atoms with Gasteiger partial charge in [-0.1, -0.05) is 27.5 Å². The van der Waals surface area contributed by atoms with Gasteiger partial charge in [0.2, 0.25) is 5.78 Å². The molecule has 0 unspecified atom stereocenters. The van der Waals surface area contributed by atoms with Gasteiger partial charge < -0.3 is 4.74 Å². The summed E-state index contributed by atoms with van der Waals surface area (Å²) in [6.45, 7) is 1.68. The fourth-order valence-electron chi connectivity index (χ4n) is 1.24. The van der Waals surface area contributed by atoms with Crippen molar-refractivity contribution in [3.8, 4) is 0 Å². The molecule has 0 saturated heterocycles. The molecule has 1 aromatic rings. The maximum atomic E-state index is 11.8. The Morgan fingerprint density at radius 2 is 2.00 bits per heavy atom. The molecule has 1 aromatic carbocycles. The van der Waals surface area contributed by atoms with Crippen LogP contribution in [0.25, 0.3) is 0 Å². The summed E-state index contributed by atoms with van der Waals surface area (Å²) in [5.74, 6) is -2.38. The lowest BCUT2D eigenvalue weighted by Crippen LogP contribution is -2.20. The Hall–Kier alpha value is -1.20. The van der Waals surface area contributed by atoms with Gasteiger partial charge in [0, 0.05) is 10.0 Å². The fraction of sp³-hybridized carbons (Fsp3) is 0.250. The molecular weight excluding hydrogens is 323 g/mol. The van der Waals surface area contributed by atoms with Crippen molar-refractivity contribution >= 4 is 45.1 Å². The van der Waals surface area contributed by atoms with E-state index < -0.39 is 24.0 Å². The standard InChI is InChI=1S/C12H10BrClO4/c1-2-18-12(17)11(16)6-10(15)8-4-3-7(13)5-9(8)14/h3-5H,2,6H2,1H3. The van der Waals surface area contributed by atoms with E-state index in [0.717, 1.165) is 4.47 Å². The van der Waals surface area contributed by atoms with E-state index in [9.17, 15) is 14.4 Å². The number of hydrogen-bond donors (Lipinski definition) is 0. The summed E-state index contributed by atoms with van der Waals surface area (Å²) >= 11 is 9.07. The summed E-state index contributed by atoms with van der Waals surface area (Å²) < 4.78 is 5.23. The summed E-state index contributed by atoms with van der Waals surface area (Å²) in [4.78, 5) is 34.2. The molecule has 0 spiro atoms. The summed E-state index contributed by atoms with van der Waals surface area (Å²) in [6, 6.07) is 4.67. The van der Waals surface area contributed by atoms with Crippen molar-refractivity contribution in [3.05, 3.63) is 33.3 Å². The number of ketones is 2. The first-order chi connectivity index (χ1) is 8.45. The van der Waals surface area contributed by atoms with Crippen molar-refractivity contribution in [3.63, 3.8) is 0 Å². The molecule has 0 aliphatic carbocycles. The molecule has 0 saturated carbocycles.